The Labute approximate surface area is 171 Å². The molecule has 3 rings (SSSR count). The van der Waals surface area contributed by atoms with Crippen LogP contribution in [0.1, 0.15) is 29.7 Å². The molecular formula is C23H26N2O4. The number of likely N-dealkylation sites (N-methyl/N-ethyl adjacent to an activating group) is 1. The summed E-state index contributed by atoms with van der Waals surface area (Å²) in [6.07, 6.45) is 0. The zero-order chi connectivity index (χ0) is 21.0. The largest absolute Gasteiger partial charge is 0.487 e. The van der Waals surface area contributed by atoms with E-state index in [9.17, 15) is 9.59 Å². The molecule has 6 nitrogen and oxygen atoms in total. The standard InChI is InChI=1S/C23H26N2O4/c1-5-28-22(26)20-19(14-29-18-11-9-15(2)10-12-18)25(4)23(27)24-21(20)17-8-6-7-16(3)13-17/h6-13,21H,5,14H2,1-4H3,(H,24,27)/t21-/m0/s1. The number of rotatable bonds is 6. The van der Waals surface area contributed by atoms with E-state index in [1.54, 1.807) is 14.0 Å². The van der Waals surface area contributed by atoms with Gasteiger partial charge >= 0.3 is 12.0 Å². The van der Waals surface area contributed by atoms with E-state index in [1.807, 2.05) is 62.4 Å². The lowest BCUT2D eigenvalue weighted by Gasteiger charge is -2.34. The molecule has 1 atom stereocenters. The van der Waals surface area contributed by atoms with Crippen molar-refractivity contribution in [2.45, 2.75) is 26.8 Å². The third-order valence-electron chi connectivity index (χ3n) is 4.84. The summed E-state index contributed by atoms with van der Waals surface area (Å²) in [6.45, 7) is 6.04. The van der Waals surface area contributed by atoms with Crippen LogP contribution in [0.4, 0.5) is 4.79 Å². The zero-order valence-corrected chi connectivity index (χ0v) is 17.2. The van der Waals surface area contributed by atoms with Gasteiger partial charge in [0.05, 0.1) is 23.9 Å². The third-order valence-corrected chi connectivity index (χ3v) is 4.84. The molecule has 0 unspecified atom stereocenters. The molecule has 1 heterocycles. The van der Waals surface area contributed by atoms with Crippen LogP contribution in [0.3, 0.4) is 0 Å². The zero-order valence-electron chi connectivity index (χ0n) is 17.2. The lowest BCUT2D eigenvalue weighted by Crippen LogP contribution is -2.48. The van der Waals surface area contributed by atoms with Crippen molar-refractivity contribution in [1.29, 1.82) is 0 Å². The highest BCUT2D eigenvalue weighted by Crippen LogP contribution is 2.31. The first kappa shape index (κ1) is 20.5. The van der Waals surface area contributed by atoms with Crippen molar-refractivity contribution in [1.82, 2.24) is 10.2 Å². The number of hydrogen-bond donors (Lipinski definition) is 1. The Hall–Kier alpha value is -3.28. The Morgan fingerprint density at radius 3 is 2.48 bits per heavy atom. The second-order valence-electron chi connectivity index (χ2n) is 7.04. The first-order chi connectivity index (χ1) is 13.9. The number of carbonyl (C=O) groups excluding carboxylic acids is 2. The van der Waals surface area contributed by atoms with Crippen LogP contribution in [0.5, 0.6) is 5.75 Å². The molecule has 0 radical (unpaired) electrons. The molecule has 0 spiro atoms. The molecule has 0 fully saturated rings. The van der Waals surface area contributed by atoms with Crippen molar-refractivity contribution in [2.75, 3.05) is 20.3 Å². The van der Waals surface area contributed by atoms with E-state index in [0.29, 0.717) is 17.0 Å². The minimum absolute atomic E-state index is 0.0729. The lowest BCUT2D eigenvalue weighted by atomic mass is 9.94. The normalized spacial score (nSPS) is 16.5. The maximum atomic E-state index is 12.9. The average Bonchev–Trinajstić information content (AvgIpc) is 2.70. The van der Waals surface area contributed by atoms with Gasteiger partial charge in [0, 0.05) is 7.05 Å². The van der Waals surface area contributed by atoms with Gasteiger partial charge in [0.15, 0.2) is 0 Å². The Kier molecular flexibility index (Phi) is 6.22. The van der Waals surface area contributed by atoms with Crippen LogP contribution in [0.25, 0.3) is 0 Å². The Bertz CT molecular complexity index is 934. The quantitative estimate of drug-likeness (QED) is 0.755. The second-order valence-corrected chi connectivity index (χ2v) is 7.04. The summed E-state index contributed by atoms with van der Waals surface area (Å²) in [5, 5.41) is 2.91. The predicted molar refractivity (Wildman–Crippen MR) is 111 cm³/mol. The highest BCUT2D eigenvalue weighted by atomic mass is 16.5. The molecule has 0 bridgehead atoms. The summed E-state index contributed by atoms with van der Waals surface area (Å²) in [5.74, 6) is 0.200. The van der Waals surface area contributed by atoms with E-state index in [1.165, 1.54) is 4.90 Å². The summed E-state index contributed by atoms with van der Waals surface area (Å²) in [5.41, 5.74) is 3.85. The van der Waals surface area contributed by atoms with E-state index >= 15 is 0 Å². The van der Waals surface area contributed by atoms with Crippen LogP contribution >= 0.6 is 0 Å². The lowest BCUT2D eigenvalue weighted by molar-refractivity contribution is -0.139. The van der Waals surface area contributed by atoms with Crippen molar-refractivity contribution < 1.29 is 19.1 Å². The average molecular weight is 394 g/mol. The van der Waals surface area contributed by atoms with Crippen molar-refractivity contribution >= 4 is 12.0 Å². The molecule has 0 saturated heterocycles. The number of esters is 1. The molecule has 2 aromatic carbocycles. The van der Waals surface area contributed by atoms with Crippen molar-refractivity contribution in [3.8, 4) is 5.75 Å². The van der Waals surface area contributed by atoms with Crippen molar-refractivity contribution in [3.63, 3.8) is 0 Å². The minimum Gasteiger partial charge on any atom is -0.487 e. The smallest absolute Gasteiger partial charge is 0.338 e. The molecule has 0 aromatic heterocycles. The Morgan fingerprint density at radius 1 is 1.10 bits per heavy atom. The highest BCUT2D eigenvalue weighted by Gasteiger charge is 2.37. The van der Waals surface area contributed by atoms with Crippen molar-refractivity contribution in [3.05, 3.63) is 76.5 Å². The molecule has 2 amide bonds. The summed E-state index contributed by atoms with van der Waals surface area (Å²) in [7, 11) is 1.62. The van der Waals surface area contributed by atoms with E-state index in [2.05, 4.69) is 5.32 Å². The van der Waals surface area contributed by atoms with Crippen LogP contribution in [-0.2, 0) is 9.53 Å². The number of amides is 2. The molecule has 29 heavy (non-hydrogen) atoms. The van der Waals surface area contributed by atoms with Gasteiger partial charge in [-0.15, -0.1) is 0 Å². The molecular weight excluding hydrogens is 368 g/mol. The van der Waals surface area contributed by atoms with Gasteiger partial charge in [-0.2, -0.15) is 0 Å². The van der Waals surface area contributed by atoms with Crippen LogP contribution < -0.4 is 10.1 Å². The maximum Gasteiger partial charge on any atom is 0.338 e. The number of nitrogens with one attached hydrogen (secondary N) is 1. The minimum atomic E-state index is -0.603. The van der Waals surface area contributed by atoms with Crippen LogP contribution in [0.15, 0.2) is 59.8 Å². The number of ether oxygens (including phenoxy) is 2. The molecule has 6 heteroatoms. The number of hydrogen-bond acceptors (Lipinski definition) is 4. The van der Waals surface area contributed by atoms with Gasteiger partial charge in [-0.25, -0.2) is 9.59 Å². The fraction of sp³-hybridized carbons (Fsp3) is 0.304. The Balaban J connectivity index is 2.02. The summed E-state index contributed by atoms with van der Waals surface area (Å²) >= 11 is 0. The molecule has 152 valence electrons. The summed E-state index contributed by atoms with van der Waals surface area (Å²) in [4.78, 5) is 26.9. The fourth-order valence-corrected chi connectivity index (χ4v) is 3.27. The molecule has 0 aliphatic carbocycles. The summed E-state index contributed by atoms with van der Waals surface area (Å²) in [6, 6.07) is 14.4. The van der Waals surface area contributed by atoms with Crippen LogP contribution in [0, 0.1) is 13.8 Å². The summed E-state index contributed by atoms with van der Waals surface area (Å²) < 4.78 is 11.2. The van der Waals surface area contributed by atoms with Crippen LogP contribution in [-0.4, -0.2) is 37.2 Å². The number of nitrogens with zero attached hydrogens (tertiary/aromatic N) is 1. The maximum absolute atomic E-state index is 12.9. The fourth-order valence-electron chi connectivity index (χ4n) is 3.27. The Morgan fingerprint density at radius 2 is 1.83 bits per heavy atom. The van der Waals surface area contributed by atoms with E-state index < -0.39 is 12.0 Å². The molecule has 0 saturated carbocycles. The second kappa shape index (κ2) is 8.82. The first-order valence-corrected chi connectivity index (χ1v) is 9.61. The van der Waals surface area contributed by atoms with E-state index in [0.717, 1.165) is 16.7 Å². The van der Waals surface area contributed by atoms with Crippen molar-refractivity contribution in [2.24, 2.45) is 0 Å². The predicted octanol–water partition coefficient (Wildman–Crippen LogP) is 3.90. The topological polar surface area (TPSA) is 67.9 Å². The number of benzene rings is 2. The van der Waals surface area contributed by atoms with Gasteiger partial charge in [-0.1, -0.05) is 47.5 Å². The van der Waals surface area contributed by atoms with Gasteiger partial charge in [0.1, 0.15) is 12.4 Å². The third kappa shape index (κ3) is 4.59. The number of carbonyl (C=O) groups is 2. The van der Waals surface area contributed by atoms with E-state index in [-0.39, 0.29) is 19.2 Å². The monoisotopic (exact) mass is 394 g/mol. The van der Waals surface area contributed by atoms with E-state index in [4.69, 9.17) is 9.47 Å². The van der Waals surface area contributed by atoms with Gasteiger partial charge < -0.3 is 14.8 Å². The highest BCUT2D eigenvalue weighted by molar-refractivity contribution is 5.95. The number of aryl methyl sites for hydroxylation is 2. The molecule has 2 aromatic rings. The number of urea groups is 1. The molecule has 1 aliphatic rings. The van der Waals surface area contributed by atoms with Gasteiger partial charge in [0.2, 0.25) is 0 Å². The van der Waals surface area contributed by atoms with Crippen LogP contribution in [0.2, 0.25) is 0 Å². The first-order valence-electron chi connectivity index (χ1n) is 9.61. The SMILES string of the molecule is CCOC(=O)C1=C(COc2ccc(C)cc2)N(C)C(=O)N[C@H]1c1cccc(C)c1. The molecule has 1 aliphatic heterocycles. The van der Waals surface area contributed by atoms with Gasteiger partial charge in [-0.3, -0.25) is 4.90 Å². The molecule has 1 N–H and O–H groups in total. The van der Waals surface area contributed by atoms with Gasteiger partial charge in [-0.05, 0) is 38.5 Å². The van der Waals surface area contributed by atoms with Gasteiger partial charge in [0.25, 0.3) is 0 Å².